The highest BCUT2D eigenvalue weighted by Gasteiger charge is 2.26. The molecule has 37 heavy (non-hydrogen) atoms. The molecule has 1 aliphatic rings. The first kappa shape index (κ1) is 25.2. The summed E-state index contributed by atoms with van der Waals surface area (Å²) in [6, 6.07) is 19.6. The third-order valence-electron chi connectivity index (χ3n) is 6.16. The monoisotopic (exact) mass is 538 g/mol. The zero-order valence-electron chi connectivity index (χ0n) is 20.2. The van der Waals surface area contributed by atoms with Gasteiger partial charge in [-0.1, -0.05) is 36.4 Å². The maximum Gasteiger partial charge on any atom is 0.533 e. The van der Waals surface area contributed by atoms with Crippen molar-refractivity contribution in [3.05, 3.63) is 82.8 Å². The average molecular weight is 539 g/mol. The first-order valence-corrected chi connectivity index (χ1v) is 14.6. The lowest BCUT2D eigenvalue weighted by molar-refractivity contribution is -0.128. The molecule has 0 amide bonds. The maximum absolute atomic E-state index is 12.4. The Kier molecular flexibility index (Phi) is 7.40. The molecule has 1 fully saturated rings. The van der Waals surface area contributed by atoms with Crippen molar-refractivity contribution in [2.45, 2.75) is 30.3 Å². The lowest BCUT2D eigenvalue weighted by Crippen LogP contribution is -2.35. The van der Waals surface area contributed by atoms with Gasteiger partial charge in [0.25, 0.3) is 0 Å². The Labute approximate surface area is 219 Å². The number of carbonyl (C=O) groups is 1. The van der Waals surface area contributed by atoms with Crippen LogP contribution < -0.4 is 9.47 Å². The molecule has 2 heterocycles. The van der Waals surface area contributed by atoms with E-state index in [1.165, 1.54) is 18.4 Å². The Hall–Kier alpha value is -3.47. The highest BCUT2D eigenvalue weighted by atomic mass is 32.2. The molecule has 0 N–H and O–H groups in total. The highest BCUT2D eigenvalue weighted by Crippen LogP contribution is 2.31. The average Bonchev–Trinajstić information content (AvgIpc) is 3.37. The summed E-state index contributed by atoms with van der Waals surface area (Å²) < 4.78 is 34.4. The number of piperidine rings is 1. The number of benzene rings is 3. The smallest absolute Gasteiger partial charge is 0.487 e. The first-order chi connectivity index (χ1) is 17.8. The number of hydrogen-bond donors (Lipinski definition) is 0. The summed E-state index contributed by atoms with van der Waals surface area (Å²) in [4.78, 5) is 22.8. The molecule has 0 bridgehead atoms. The van der Waals surface area contributed by atoms with Gasteiger partial charge in [0.05, 0.1) is 15.6 Å². The lowest BCUT2D eigenvalue weighted by Gasteiger charge is -2.29. The van der Waals surface area contributed by atoms with Crippen molar-refractivity contribution in [1.29, 1.82) is 0 Å². The minimum absolute atomic E-state index is 0.257. The fourth-order valence-corrected chi connectivity index (χ4v) is 5.82. The number of carbonyl (C=O) groups excluding carboxylic acids is 1. The van der Waals surface area contributed by atoms with Gasteiger partial charge in [-0.25, -0.2) is 18.2 Å². The lowest BCUT2D eigenvalue weighted by atomic mass is 9.99. The summed E-state index contributed by atoms with van der Waals surface area (Å²) >= 11 is 1.59. The van der Waals surface area contributed by atoms with Crippen molar-refractivity contribution >= 4 is 38.1 Å². The number of fused-ring (bicyclic) bond motifs is 1. The van der Waals surface area contributed by atoms with Gasteiger partial charge in [-0.3, -0.25) is 0 Å². The summed E-state index contributed by atoms with van der Waals surface area (Å²) in [5, 5.41) is 6.50. The van der Waals surface area contributed by atoms with Crippen LogP contribution in [0, 0.1) is 0 Å². The molecule has 1 saturated heterocycles. The molecule has 1 aliphatic heterocycles. The molecule has 0 unspecified atom stereocenters. The molecule has 0 saturated carbocycles. The number of thiazole rings is 1. The van der Waals surface area contributed by atoms with E-state index in [0.717, 1.165) is 34.3 Å². The fraction of sp³-hybridized carbons (Fsp3) is 0.259. The third-order valence-corrected chi connectivity index (χ3v) is 8.34. The van der Waals surface area contributed by atoms with Crippen molar-refractivity contribution in [1.82, 2.24) is 10.0 Å². The molecule has 0 atom stereocenters. The number of hydroxylamine groups is 2. The van der Waals surface area contributed by atoms with Gasteiger partial charge in [0, 0.05) is 36.0 Å². The summed E-state index contributed by atoms with van der Waals surface area (Å²) in [6.07, 6.45) is 2.05. The van der Waals surface area contributed by atoms with E-state index in [-0.39, 0.29) is 10.8 Å². The predicted molar refractivity (Wildman–Crippen MR) is 141 cm³/mol. The number of aromatic nitrogens is 1. The Bertz CT molecular complexity index is 1490. The van der Waals surface area contributed by atoms with Crippen molar-refractivity contribution in [3.63, 3.8) is 0 Å². The molecule has 1 aromatic heterocycles. The number of ether oxygens (including phenoxy) is 2. The molecular formula is C27H26N2O6S2. The van der Waals surface area contributed by atoms with Crippen molar-refractivity contribution in [2.24, 2.45) is 0 Å². The molecule has 4 aromatic rings. The second kappa shape index (κ2) is 10.9. The standard InChI is InChI=1S/C27H26N2O6S2/c1-37(31,32)23-11-9-22(10-12-23)33-17-21-18-36-26(28-21)20-13-15-29(16-14-20)35-27(30)34-25-8-4-6-19-5-2-3-7-24(19)25/h2-12,18,20H,13-17H2,1H3. The van der Waals surface area contributed by atoms with Crippen LogP contribution in [0.3, 0.4) is 0 Å². The van der Waals surface area contributed by atoms with Gasteiger partial charge in [-0.05, 0) is 48.6 Å². The Balaban J connectivity index is 1.09. The summed E-state index contributed by atoms with van der Waals surface area (Å²) in [7, 11) is -3.23. The third kappa shape index (κ3) is 6.27. The predicted octanol–water partition coefficient (Wildman–Crippen LogP) is 5.59. The molecule has 5 rings (SSSR count). The maximum atomic E-state index is 12.4. The van der Waals surface area contributed by atoms with Crippen LogP contribution in [0.15, 0.2) is 77.0 Å². The van der Waals surface area contributed by atoms with Gasteiger partial charge in [0.2, 0.25) is 0 Å². The van der Waals surface area contributed by atoms with Gasteiger partial charge in [0.15, 0.2) is 9.84 Å². The number of sulfone groups is 1. The van der Waals surface area contributed by atoms with Gasteiger partial charge < -0.3 is 14.3 Å². The molecule has 8 nitrogen and oxygen atoms in total. The van der Waals surface area contributed by atoms with E-state index < -0.39 is 16.0 Å². The SMILES string of the molecule is CS(=O)(=O)c1ccc(OCc2csc(C3CCN(OC(=O)Oc4cccc5ccccc45)CC3)n2)cc1. The van der Waals surface area contributed by atoms with E-state index in [2.05, 4.69) is 0 Å². The second-order valence-corrected chi connectivity index (χ2v) is 11.7. The van der Waals surface area contributed by atoms with Crippen LogP contribution >= 0.6 is 11.3 Å². The Morgan fingerprint density at radius 3 is 2.51 bits per heavy atom. The normalized spacial score (nSPS) is 14.9. The van der Waals surface area contributed by atoms with Gasteiger partial charge in [-0.2, -0.15) is 0 Å². The van der Waals surface area contributed by atoms with Crippen molar-refractivity contribution < 1.29 is 27.5 Å². The van der Waals surface area contributed by atoms with Crippen molar-refractivity contribution in [2.75, 3.05) is 19.3 Å². The topological polar surface area (TPSA) is 95.0 Å². The summed E-state index contributed by atoms with van der Waals surface area (Å²) in [5.74, 6) is 1.34. The molecule has 10 heteroatoms. The van der Waals surface area contributed by atoms with Crippen molar-refractivity contribution in [3.8, 4) is 11.5 Å². The molecule has 3 aromatic carbocycles. The van der Waals surface area contributed by atoms with Crippen LogP contribution in [0.5, 0.6) is 11.5 Å². The van der Waals surface area contributed by atoms with E-state index in [1.54, 1.807) is 34.6 Å². The van der Waals surface area contributed by atoms with E-state index in [0.29, 0.717) is 31.2 Å². The van der Waals surface area contributed by atoms with E-state index in [4.69, 9.17) is 19.3 Å². The molecular weight excluding hydrogens is 512 g/mol. The molecule has 0 spiro atoms. The van der Waals surface area contributed by atoms with Crippen LogP contribution in [0.25, 0.3) is 10.8 Å². The molecule has 192 valence electrons. The summed E-state index contributed by atoms with van der Waals surface area (Å²) in [5.41, 5.74) is 0.824. The van der Waals surface area contributed by atoms with Crippen LogP contribution in [0.2, 0.25) is 0 Å². The van der Waals surface area contributed by atoms with Gasteiger partial charge in [0.1, 0.15) is 18.1 Å². The largest absolute Gasteiger partial charge is 0.533 e. The minimum Gasteiger partial charge on any atom is -0.487 e. The summed E-state index contributed by atoms with van der Waals surface area (Å²) in [6.45, 7) is 1.48. The number of rotatable bonds is 7. The zero-order valence-corrected chi connectivity index (χ0v) is 21.8. The minimum atomic E-state index is -3.23. The quantitative estimate of drug-likeness (QED) is 0.222. The molecule has 0 aliphatic carbocycles. The number of nitrogens with zero attached hydrogens (tertiary/aromatic N) is 2. The van der Waals surface area contributed by atoms with Crippen LogP contribution in [-0.4, -0.2) is 44.0 Å². The van der Waals surface area contributed by atoms with E-state index in [1.807, 2.05) is 41.8 Å². The van der Waals surface area contributed by atoms with Gasteiger partial charge >= 0.3 is 6.16 Å². The van der Waals surface area contributed by atoms with Crippen LogP contribution in [0.1, 0.15) is 29.5 Å². The first-order valence-electron chi connectivity index (χ1n) is 11.8. The van der Waals surface area contributed by atoms with Crippen LogP contribution in [0.4, 0.5) is 4.79 Å². The van der Waals surface area contributed by atoms with Gasteiger partial charge in [-0.15, -0.1) is 16.4 Å². The highest BCUT2D eigenvalue weighted by molar-refractivity contribution is 7.90. The molecule has 0 radical (unpaired) electrons. The zero-order chi connectivity index (χ0) is 25.8. The van der Waals surface area contributed by atoms with E-state index in [9.17, 15) is 13.2 Å². The second-order valence-electron chi connectivity index (χ2n) is 8.83. The number of hydrogen-bond acceptors (Lipinski definition) is 9. The Morgan fingerprint density at radius 2 is 1.76 bits per heavy atom. The van der Waals surface area contributed by atoms with Crippen LogP contribution in [-0.2, 0) is 21.3 Å². The fourth-order valence-electron chi connectivity index (χ4n) is 4.21. The van der Waals surface area contributed by atoms with E-state index >= 15 is 0 Å². The Morgan fingerprint density at radius 1 is 1.03 bits per heavy atom.